The Hall–Kier alpha value is -1.57. The van der Waals surface area contributed by atoms with Crippen LogP contribution in [0.15, 0.2) is 36.4 Å². The van der Waals surface area contributed by atoms with Gasteiger partial charge in [0.2, 0.25) is 0 Å². The summed E-state index contributed by atoms with van der Waals surface area (Å²) in [6.07, 6.45) is 5.71. The first-order valence-electron chi connectivity index (χ1n) is 7.43. The van der Waals surface area contributed by atoms with Gasteiger partial charge in [0.15, 0.2) is 0 Å². The first-order valence-corrected chi connectivity index (χ1v) is 7.43. The molecule has 0 aliphatic heterocycles. The Kier molecular flexibility index (Phi) is 5.20. The van der Waals surface area contributed by atoms with E-state index in [4.69, 9.17) is 0 Å². The van der Waals surface area contributed by atoms with E-state index in [1.54, 1.807) is 0 Å². The highest BCUT2D eigenvalue weighted by Gasteiger charge is 2.04. The predicted octanol–water partition coefficient (Wildman–Crippen LogP) is 4.03. The fourth-order valence-electron chi connectivity index (χ4n) is 2.40. The largest absolute Gasteiger partial charge is 0.269 e. The van der Waals surface area contributed by atoms with E-state index in [1.165, 1.54) is 36.2 Å². The average molecular weight is 256 g/mol. The Morgan fingerprint density at radius 3 is 2.47 bits per heavy atom. The first-order chi connectivity index (χ1) is 9.33. The van der Waals surface area contributed by atoms with Crippen molar-refractivity contribution in [1.82, 2.24) is 9.78 Å². The van der Waals surface area contributed by atoms with E-state index < -0.39 is 0 Å². The van der Waals surface area contributed by atoms with Crippen molar-refractivity contribution in [2.24, 2.45) is 0 Å². The summed E-state index contributed by atoms with van der Waals surface area (Å²) in [4.78, 5) is 0. The van der Waals surface area contributed by atoms with Crippen molar-refractivity contribution in [3.8, 4) is 0 Å². The van der Waals surface area contributed by atoms with Gasteiger partial charge >= 0.3 is 0 Å². The molecule has 1 heterocycles. The van der Waals surface area contributed by atoms with Gasteiger partial charge in [0.05, 0.1) is 5.69 Å². The molecule has 0 atom stereocenters. The summed E-state index contributed by atoms with van der Waals surface area (Å²) in [6, 6.07) is 13.0. The van der Waals surface area contributed by atoms with Crippen LogP contribution >= 0.6 is 0 Å². The van der Waals surface area contributed by atoms with Crippen LogP contribution in [0.3, 0.4) is 0 Å². The number of hydrogen-bond donors (Lipinski definition) is 0. The summed E-state index contributed by atoms with van der Waals surface area (Å²) >= 11 is 0. The van der Waals surface area contributed by atoms with Crippen LogP contribution in [0, 0.1) is 0 Å². The minimum atomic E-state index is 1.03. The molecule has 0 unspecified atom stereocenters. The highest BCUT2D eigenvalue weighted by atomic mass is 15.3. The minimum absolute atomic E-state index is 1.03. The zero-order chi connectivity index (χ0) is 13.5. The van der Waals surface area contributed by atoms with E-state index >= 15 is 0 Å². The first kappa shape index (κ1) is 13.9. The molecule has 0 aliphatic rings. The SMILES string of the molecule is CCc1cc(CC)n(CCCCc2ccccc2)n1. The summed E-state index contributed by atoms with van der Waals surface area (Å²) in [7, 11) is 0. The Bertz CT molecular complexity index is 485. The number of aromatic nitrogens is 2. The van der Waals surface area contributed by atoms with Gasteiger partial charge in [0.25, 0.3) is 0 Å². The Labute approximate surface area is 116 Å². The lowest BCUT2D eigenvalue weighted by Crippen LogP contribution is -2.05. The standard InChI is InChI=1S/C17H24N2/c1-3-16-14-17(4-2)19(18-16)13-9-8-12-15-10-6-5-7-11-15/h5-7,10-11,14H,3-4,8-9,12-13H2,1-2H3. The van der Waals surface area contributed by atoms with Gasteiger partial charge in [-0.05, 0) is 43.7 Å². The number of aryl methyl sites for hydroxylation is 4. The second-order valence-corrected chi connectivity index (χ2v) is 5.00. The van der Waals surface area contributed by atoms with Crippen molar-refractivity contribution in [2.45, 2.75) is 52.5 Å². The molecule has 102 valence electrons. The number of rotatable bonds is 7. The summed E-state index contributed by atoms with van der Waals surface area (Å²) in [5.41, 5.74) is 4.03. The van der Waals surface area contributed by atoms with Gasteiger partial charge in [0, 0.05) is 12.2 Å². The second kappa shape index (κ2) is 7.13. The van der Waals surface area contributed by atoms with Crippen LogP contribution in [-0.4, -0.2) is 9.78 Å². The van der Waals surface area contributed by atoms with Crippen molar-refractivity contribution < 1.29 is 0 Å². The molecule has 1 aromatic carbocycles. The van der Waals surface area contributed by atoms with Crippen molar-refractivity contribution in [2.75, 3.05) is 0 Å². The van der Waals surface area contributed by atoms with E-state index in [0.29, 0.717) is 0 Å². The lowest BCUT2D eigenvalue weighted by atomic mass is 10.1. The van der Waals surface area contributed by atoms with Gasteiger partial charge in [-0.2, -0.15) is 5.10 Å². The lowest BCUT2D eigenvalue weighted by Gasteiger charge is -2.06. The molecule has 0 fully saturated rings. The molecule has 2 heteroatoms. The van der Waals surface area contributed by atoms with Crippen molar-refractivity contribution in [1.29, 1.82) is 0 Å². The molecule has 0 saturated heterocycles. The molecule has 0 radical (unpaired) electrons. The van der Waals surface area contributed by atoms with Crippen molar-refractivity contribution in [3.05, 3.63) is 53.3 Å². The third-order valence-electron chi connectivity index (χ3n) is 3.57. The quantitative estimate of drug-likeness (QED) is 0.684. The summed E-state index contributed by atoms with van der Waals surface area (Å²) in [6.45, 7) is 5.43. The van der Waals surface area contributed by atoms with E-state index in [2.05, 4.69) is 60.0 Å². The topological polar surface area (TPSA) is 17.8 Å². The number of hydrogen-bond acceptors (Lipinski definition) is 1. The fourth-order valence-corrected chi connectivity index (χ4v) is 2.40. The lowest BCUT2D eigenvalue weighted by molar-refractivity contribution is 0.535. The smallest absolute Gasteiger partial charge is 0.0624 e. The Morgan fingerprint density at radius 2 is 1.79 bits per heavy atom. The summed E-state index contributed by atoms with van der Waals surface area (Å²) < 4.78 is 2.20. The van der Waals surface area contributed by atoms with Gasteiger partial charge in [-0.25, -0.2) is 0 Å². The molecule has 0 amide bonds. The number of benzene rings is 1. The molecule has 2 nitrogen and oxygen atoms in total. The molecule has 0 bridgehead atoms. The van der Waals surface area contributed by atoms with Gasteiger partial charge in [-0.3, -0.25) is 4.68 Å². The average Bonchev–Trinajstić information content (AvgIpc) is 2.87. The third-order valence-corrected chi connectivity index (χ3v) is 3.57. The molecular weight excluding hydrogens is 232 g/mol. The molecule has 1 aromatic heterocycles. The van der Waals surface area contributed by atoms with Gasteiger partial charge in [-0.15, -0.1) is 0 Å². The molecule has 0 spiro atoms. The molecule has 19 heavy (non-hydrogen) atoms. The monoisotopic (exact) mass is 256 g/mol. The maximum Gasteiger partial charge on any atom is 0.0624 e. The van der Waals surface area contributed by atoms with Gasteiger partial charge < -0.3 is 0 Å². The number of unbranched alkanes of at least 4 members (excludes halogenated alkanes) is 1. The van der Waals surface area contributed by atoms with E-state index in [1.807, 2.05) is 0 Å². The van der Waals surface area contributed by atoms with Crippen LogP contribution in [0.2, 0.25) is 0 Å². The summed E-state index contributed by atoms with van der Waals surface area (Å²) in [5.74, 6) is 0. The van der Waals surface area contributed by atoms with E-state index in [9.17, 15) is 0 Å². The van der Waals surface area contributed by atoms with Crippen LogP contribution in [0.4, 0.5) is 0 Å². The maximum atomic E-state index is 4.66. The van der Waals surface area contributed by atoms with Crippen LogP contribution in [-0.2, 0) is 25.8 Å². The third kappa shape index (κ3) is 3.95. The van der Waals surface area contributed by atoms with Gasteiger partial charge in [0.1, 0.15) is 0 Å². The van der Waals surface area contributed by atoms with Crippen LogP contribution in [0.1, 0.15) is 43.6 Å². The molecule has 0 saturated carbocycles. The summed E-state index contributed by atoms with van der Waals surface area (Å²) in [5, 5.41) is 4.66. The van der Waals surface area contributed by atoms with E-state index in [0.717, 1.165) is 19.4 Å². The highest BCUT2D eigenvalue weighted by molar-refractivity contribution is 5.14. The predicted molar refractivity (Wildman–Crippen MR) is 80.4 cm³/mol. The van der Waals surface area contributed by atoms with Crippen LogP contribution < -0.4 is 0 Å². The van der Waals surface area contributed by atoms with Crippen molar-refractivity contribution in [3.63, 3.8) is 0 Å². The molecule has 2 rings (SSSR count). The Morgan fingerprint density at radius 1 is 1.00 bits per heavy atom. The molecular formula is C17H24N2. The zero-order valence-corrected chi connectivity index (χ0v) is 12.1. The maximum absolute atomic E-state index is 4.66. The zero-order valence-electron chi connectivity index (χ0n) is 12.1. The Balaban J connectivity index is 1.81. The van der Waals surface area contributed by atoms with E-state index in [-0.39, 0.29) is 0 Å². The normalized spacial score (nSPS) is 10.8. The van der Waals surface area contributed by atoms with Crippen LogP contribution in [0.5, 0.6) is 0 Å². The van der Waals surface area contributed by atoms with Crippen LogP contribution in [0.25, 0.3) is 0 Å². The highest BCUT2D eigenvalue weighted by Crippen LogP contribution is 2.10. The van der Waals surface area contributed by atoms with Crippen molar-refractivity contribution >= 4 is 0 Å². The molecule has 0 N–H and O–H groups in total. The second-order valence-electron chi connectivity index (χ2n) is 5.00. The molecule has 2 aromatic rings. The number of nitrogens with zero attached hydrogens (tertiary/aromatic N) is 2. The fraction of sp³-hybridized carbons (Fsp3) is 0.471. The van der Waals surface area contributed by atoms with Gasteiger partial charge in [-0.1, -0.05) is 44.2 Å². The molecule has 0 aliphatic carbocycles. The minimum Gasteiger partial charge on any atom is -0.269 e.